The molecule has 0 atom stereocenters. The van der Waals surface area contributed by atoms with Gasteiger partial charge in [0.25, 0.3) is 0 Å². The first-order valence-corrected chi connectivity index (χ1v) is 8.05. The lowest BCUT2D eigenvalue weighted by Crippen LogP contribution is -2.20. The van der Waals surface area contributed by atoms with Crippen LogP contribution in [0, 0.1) is 18.2 Å². The molecule has 27 heavy (non-hydrogen) atoms. The zero-order chi connectivity index (χ0) is 19.4. The third-order valence-corrected chi connectivity index (χ3v) is 4.00. The average Bonchev–Trinajstić information content (AvgIpc) is 2.71. The summed E-state index contributed by atoms with van der Waals surface area (Å²) in [6.07, 6.45) is 7.06. The molecule has 0 aliphatic rings. The van der Waals surface area contributed by atoms with Gasteiger partial charge < -0.3 is 19.1 Å². The Labute approximate surface area is 156 Å². The molecule has 0 amide bonds. The summed E-state index contributed by atoms with van der Waals surface area (Å²) in [6.45, 7) is 0.0720. The highest BCUT2D eigenvalue weighted by atomic mass is 19.1. The zero-order valence-corrected chi connectivity index (χ0v) is 15.2. The summed E-state index contributed by atoms with van der Waals surface area (Å²) in [4.78, 5) is 10.5. The number of terminal acetylenes is 1. The predicted octanol–water partition coefficient (Wildman–Crippen LogP) is 3.57. The van der Waals surface area contributed by atoms with E-state index in [2.05, 4.69) is 15.9 Å². The number of anilines is 2. The number of hydrogen-bond donors (Lipinski definition) is 0. The first-order chi connectivity index (χ1) is 13.1. The van der Waals surface area contributed by atoms with Gasteiger partial charge >= 0.3 is 0 Å². The van der Waals surface area contributed by atoms with Crippen molar-refractivity contribution in [1.82, 2.24) is 9.97 Å². The van der Waals surface area contributed by atoms with Crippen molar-refractivity contribution >= 4 is 22.5 Å². The summed E-state index contributed by atoms with van der Waals surface area (Å²) in [5.41, 5.74) is 1.55. The number of methoxy groups -OCH3 is 3. The second-order valence-corrected chi connectivity index (χ2v) is 5.49. The number of rotatable bonds is 6. The van der Waals surface area contributed by atoms with Gasteiger partial charge in [-0.1, -0.05) is 18.1 Å². The fourth-order valence-corrected chi connectivity index (χ4v) is 2.76. The maximum absolute atomic E-state index is 15.2. The lowest BCUT2D eigenvalue weighted by molar-refractivity contribution is 0.313. The highest BCUT2D eigenvalue weighted by molar-refractivity contribution is 5.77. The molecular formula is C20H18FN3O3. The van der Waals surface area contributed by atoms with Gasteiger partial charge in [0.2, 0.25) is 11.5 Å². The van der Waals surface area contributed by atoms with Gasteiger partial charge in [-0.05, 0) is 12.1 Å². The quantitative estimate of drug-likeness (QED) is 0.621. The lowest BCUT2D eigenvalue weighted by Gasteiger charge is -2.24. The summed E-state index contributed by atoms with van der Waals surface area (Å²) in [7, 11) is 4.22. The third kappa shape index (κ3) is 3.29. The summed E-state index contributed by atoms with van der Waals surface area (Å²) in [5, 5.41) is 0. The summed E-state index contributed by atoms with van der Waals surface area (Å²) < 4.78 is 30.9. The largest absolute Gasteiger partial charge is 0.493 e. The van der Waals surface area contributed by atoms with Crippen LogP contribution >= 0.6 is 0 Å². The molecule has 0 radical (unpaired) electrons. The van der Waals surface area contributed by atoms with Gasteiger partial charge in [0, 0.05) is 6.07 Å². The Morgan fingerprint density at radius 1 is 1.07 bits per heavy atom. The van der Waals surface area contributed by atoms with Crippen molar-refractivity contribution < 1.29 is 18.6 Å². The van der Waals surface area contributed by atoms with E-state index in [1.165, 1.54) is 32.3 Å². The van der Waals surface area contributed by atoms with E-state index < -0.39 is 5.82 Å². The van der Waals surface area contributed by atoms with Crippen LogP contribution in [0.2, 0.25) is 0 Å². The number of halogens is 1. The van der Waals surface area contributed by atoms with Crippen LogP contribution in [-0.4, -0.2) is 37.8 Å². The smallest absolute Gasteiger partial charge is 0.206 e. The number of benzene rings is 2. The molecule has 7 heteroatoms. The highest BCUT2D eigenvalue weighted by Crippen LogP contribution is 2.45. The third-order valence-electron chi connectivity index (χ3n) is 4.00. The van der Waals surface area contributed by atoms with Crippen molar-refractivity contribution in [3.8, 4) is 29.6 Å². The van der Waals surface area contributed by atoms with Crippen LogP contribution < -0.4 is 19.1 Å². The SMILES string of the molecule is C#CCN(c1cnc2ccccc2n1)c1cc(OC)c(OC)c(OC)c1F. The number of fused-ring (bicyclic) bond motifs is 1. The van der Waals surface area contributed by atoms with Crippen molar-refractivity contribution in [2.24, 2.45) is 0 Å². The van der Waals surface area contributed by atoms with E-state index in [1.54, 1.807) is 6.20 Å². The van der Waals surface area contributed by atoms with Gasteiger partial charge in [-0.25, -0.2) is 9.37 Å². The first kappa shape index (κ1) is 18.3. The Kier molecular flexibility index (Phi) is 5.27. The Morgan fingerprint density at radius 3 is 2.41 bits per heavy atom. The minimum Gasteiger partial charge on any atom is -0.493 e. The Balaban J connectivity index is 2.21. The second kappa shape index (κ2) is 7.79. The van der Waals surface area contributed by atoms with Crippen molar-refractivity contribution in [1.29, 1.82) is 0 Å². The van der Waals surface area contributed by atoms with Crippen LogP contribution in [-0.2, 0) is 0 Å². The lowest BCUT2D eigenvalue weighted by atomic mass is 10.2. The molecule has 2 aromatic carbocycles. The molecule has 0 saturated carbocycles. The average molecular weight is 367 g/mol. The molecule has 0 aliphatic carbocycles. The number of ether oxygens (including phenoxy) is 3. The van der Waals surface area contributed by atoms with Gasteiger partial charge in [-0.15, -0.1) is 6.42 Å². The molecule has 1 aromatic heterocycles. The minimum atomic E-state index is -0.639. The fraction of sp³-hybridized carbons (Fsp3) is 0.200. The maximum atomic E-state index is 15.2. The van der Waals surface area contributed by atoms with Crippen molar-refractivity contribution in [3.63, 3.8) is 0 Å². The Hall–Kier alpha value is -3.53. The van der Waals surface area contributed by atoms with Crippen molar-refractivity contribution in [3.05, 3.63) is 42.3 Å². The highest BCUT2D eigenvalue weighted by Gasteiger charge is 2.25. The molecule has 0 bridgehead atoms. The number of aromatic nitrogens is 2. The van der Waals surface area contributed by atoms with Gasteiger partial charge in [-0.3, -0.25) is 4.98 Å². The molecule has 138 valence electrons. The molecule has 0 fully saturated rings. The van der Waals surface area contributed by atoms with Crippen molar-refractivity contribution in [2.45, 2.75) is 0 Å². The molecule has 0 spiro atoms. The standard InChI is InChI=1S/C20H18FN3O3/c1-5-10-24(17-12-22-13-8-6-7-9-14(13)23-17)15-11-16(25-2)19(26-3)20(27-4)18(15)21/h1,6-9,11-12H,10H2,2-4H3. The molecule has 0 unspecified atom stereocenters. The van der Waals surface area contributed by atoms with Crippen LogP contribution in [0.25, 0.3) is 11.0 Å². The van der Waals surface area contributed by atoms with Gasteiger partial charge in [-0.2, -0.15) is 0 Å². The maximum Gasteiger partial charge on any atom is 0.206 e. The van der Waals surface area contributed by atoms with Gasteiger partial charge in [0.05, 0.1) is 50.8 Å². The van der Waals surface area contributed by atoms with Crippen LogP contribution in [0.3, 0.4) is 0 Å². The van der Waals surface area contributed by atoms with E-state index in [0.29, 0.717) is 17.1 Å². The van der Waals surface area contributed by atoms with Gasteiger partial charge in [0.15, 0.2) is 17.4 Å². The van der Waals surface area contributed by atoms with E-state index in [-0.39, 0.29) is 23.7 Å². The second-order valence-electron chi connectivity index (χ2n) is 5.49. The molecule has 0 aliphatic heterocycles. The van der Waals surface area contributed by atoms with E-state index >= 15 is 4.39 Å². The Bertz CT molecular complexity index is 1020. The van der Waals surface area contributed by atoms with E-state index in [0.717, 1.165) is 5.52 Å². The Morgan fingerprint density at radius 2 is 1.78 bits per heavy atom. The molecule has 3 rings (SSSR count). The first-order valence-electron chi connectivity index (χ1n) is 8.05. The molecule has 0 N–H and O–H groups in total. The van der Waals surface area contributed by atoms with E-state index in [1.807, 2.05) is 24.3 Å². The summed E-state index contributed by atoms with van der Waals surface area (Å²) >= 11 is 0. The van der Waals surface area contributed by atoms with E-state index in [9.17, 15) is 0 Å². The predicted molar refractivity (Wildman–Crippen MR) is 101 cm³/mol. The van der Waals surface area contributed by atoms with Gasteiger partial charge in [0.1, 0.15) is 0 Å². The van der Waals surface area contributed by atoms with Crippen LogP contribution in [0.15, 0.2) is 36.5 Å². The molecule has 0 saturated heterocycles. The fourth-order valence-electron chi connectivity index (χ4n) is 2.76. The molecule has 3 aromatic rings. The molecule has 6 nitrogen and oxygen atoms in total. The number of para-hydroxylation sites is 2. The van der Waals surface area contributed by atoms with Crippen LogP contribution in [0.1, 0.15) is 0 Å². The molecular weight excluding hydrogens is 349 g/mol. The monoisotopic (exact) mass is 367 g/mol. The number of nitrogens with zero attached hydrogens (tertiary/aromatic N) is 3. The van der Waals surface area contributed by atoms with Crippen LogP contribution in [0.5, 0.6) is 17.2 Å². The minimum absolute atomic E-state index is 0.0720. The molecule has 1 heterocycles. The topological polar surface area (TPSA) is 56.7 Å². The summed E-state index contributed by atoms with van der Waals surface area (Å²) in [5.74, 6) is 2.67. The van der Waals surface area contributed by atoms with Crippen LogP contribution in [0.4, 0.5) is 15.9 Å². The normalized spacial score (nSPS) is 10.3. The van der Waals surface area contributed by atoms with Crippen molar-refractivity contribution in [2.75, 3.05) is 32.8 Å². The van der Waals surface area contributed by atoms with E-state index in [4.69, 9.17) is 20.6 Å². The summed E-state index contributed by atoms with van der Waals surface area (Å²) in [6, 6.07) is 8.88. The number of hydrogen-bond acceptors (Lipinski definition) is 6. The zero-order valence-electron chi connectivity index (χ0n) is 15.2.